The second kappa shape index (κ2) is 7.19. The molecular formula is C21H19FN6. The van der Waals surface area contributed by atoms with Crippen LogP contribution in [0.1, 0.15) is 29.8 Å². The van der Waals surface area contributed by atoms with Crippen molar-refractivity contribution in [2.45, 2.75) is 12.8 Å². The van der Waals surface area contributed by atoms with Crippen molar-refractivity contribution in [1.29, 1.82) is 0 Å². The summed E-state index contributed by atoms with van der Waals surface area (Å²) in [5.41, 5.74) is 9.05. The van der Waals surface area contributed by atoms with E-state index in [0.717, 1.165) is 16.5 Å². The van der Waals surface area contributed by atoms with Gasteiger partial charge in [-0.1, -0.05) is 19.1 Å². The van der Waals surface area contributed by atoms with E-state index in [0.29, 0.717) is 17.0 Å². The lowest BCUT2D eigenvalue weighted by atomic mass is 9.98. The molecule has 1 aromatic carbocycles. The molecule has 0 amide bonds. The normalized spacial score (nSPS) is 13.6. The molecule has 3 heterocycles. The predicted octanol–water partition coefficient (Wildman–Crippen LogP) is 3.57. The summed E-state index contributed by atoms with van der Waals surface area (Å²) in [5.74, 6) is 0.0817. The minimum atomic E-state index is -0.463. The molecule has 3 aromatic heterocycles. The van der Waals surface area contributed by atoms with Crippen LogP contribution in [-0.4, -0.2) is 32.8 Å². The van der Waals surface area contributed by atoms with Gasteiger partial charge in [-0.05, 0) is 29.8 Å². The summed E-state index contributed by atoms with van der Waals surface area (Å²) in [6.07, 6.45) is 6.54. The summed E-state index contributed by atoms with van der Waals surface area (Å²) < 4.78 is 16.3. The van der Waals surface area contributed by atoms with Gasteiger partial charge in [0, 0.05) is 54.3 Å². The maximum absolute atomic E-state index is 14.6. The van der Waals surface area contributed by atoms with Gasteiger partial charge in [-0.15, -0.1) is 10.2 Å². The molecule has 4 rings (SSSR count). The van der Waals surface area contributed by atoms with Crippen LogP contribution in [0, 0.1) is 5.82 Å². The third-order valence-electron chi connectivity index (χ3n) is 4.78. The highest BCUT2D eigenvalue weighted by molar-refractivity contribution is 6.09. The van der Waals surface area contributed by atoms with Gasteiger partial charge in [0.15, 0.2) is 11.5 Å². The summed E-state index contributed by atoms with van der Waals surface area (Å²) in [6.45, 7) is 2.02. The van der Waals surface area contributed by atoms with Gasteiger partial charge in [0.1, 0.15) is 5.82 Å². The SMILES string of the molecule is CN=CC(=CN)c1cc(F)c2nnc(C(C)c3ccc4ncccc4c3)n2c1. The van der Waals surface area contributed by atoms with Gasteiger partial charge in [0.2, 0.25) is 0 Å². The summed E-state index contributed by atoms with van der Waals surface area (Å²) in [5, 5.41) is 9.34. The van der Waals surface area contributed by atoms with Gasteiger partial charge in [0.25, 0.3) is 0 Å². The monoisotopic (exact) mass is 374 g/mol. The molecule has 28 heavy (non-hydrogen) atoms. The van der Waals surface area contributed by atoms with Crippen LogP contribution in [0.15, 0.2) is 60.0 Å². The van der Waals surface area contributed by atoms with Gasteiger partial charge in [-0.25, -0.2) is 4.39 Å². The summed E-state index contributed by atoms with van der Waals surface area (Å²) in [7, 11) is 1.64. The fraction of sp³-hybridized carbons (Fsp3) is 0.143. The van der Waals surface area contributed by atoms with E-state index >= 15 is 0 Å². The van der Waals surface area contributed by atoms with Crippen LogP contribution in [0.4, 0.5) is 4.39 Å². The lowest BCUT2D eigenvalue weighted by Gasteiger charge is -2.12. The minimum absolute atomic E-state index is 0.0978. The molecule has 0 aliphatic rings. The summed E-state index contributed by atoms with van der Waals surface area (Å²) in [4.78, 5) is 8.32. The molecule has 0 saturated heterocycles. The number of hydrogen-bond acceptors (Lipinski definition) is 5. The first-order chi connectivity index (χ1) is 13.6. The van der Waals surface area contributed by atoms with Gasteiger partial charge in [0.05, 0.1) is 5.52 Å². The van der Waals surface area contributed by atoms with E-state index in [1.165, 1.54) is 12.3 Å². The minimum Gasteiger partial charge on any atom is -0.404 e. The van der Waals surface area contributed by atoms with Crippen LogP contribution in [0.3, 0.4) is 0 Å². The lowest BCUT2D eigenvalue weighted by molar-refractivity contribution is 0.628. The van der Waals surface area contributed by atoms with E-state index in [1.54, 1.807) is 30.1 Å². The fourth-order valence-electron chi connectivity index (χ4n) is 3.29. The molecule has 0 aliphatic carbocycles. The van der Waals surface area contributed by atoms with E-state index < -0.39 is 5.82 Å². The van der Waals surface area contributed by atoms with Gasteiger partial charge < -0.3 is 5.73 Å². The average molecular weight is 374 g/mol. The lowest BCUT2D eigenvalue weighted by Crippen LogP contribution is -2.05. The molecule has 0 spiro atoms. The van der Waals surface area contributed by atoms with Crippen molar-refractivity contribution in [1.82, 2.24) is 19.6 Å². The first-order valence-electron chi connectivity index (χ1n) is 8.85. The Labute approximate surface area is 161 Å². The van der Waals surface area contributed by atoms with Crippen LogP contribution in [-0.2, 0) is 0 Å². The smallest absolute Gasteiger partial charge is 0.196 e. The van der Waals surface area contributed by atoms with E-state index in [4.69, 9.17) is 5.73 Å². The number of allylic oxidation sites excluding steroid dienone is 1. The van der Waals surface area contributed by atoms with E-state index in [1.807, 2.05) is 31.2 Å². The first-order valence-corrected chi connectivity index (χ1v) is 8.85. The number of nitrogens with two attached hydrogens (primary N) is 1. The number of aromatic nitrogens is 4. The molecular weight excluding hydrogens is 355 g/mol. The Balaban J connectivity index is 1.84. The standard InChI is InChI=1S/C21H19FN6/c1-13(14-5-6-19-15(8-14)4-3-7-25-19)20-26-27-21-18(22)9-16(12-28(20)21)17(10-23)11-24-2/h3-13H,23H2,1-2H3. The summed E-state index contributed by atoms with van der Waals surface area (Å²) in [6, 6.07) is 11.4. The molecule has 0 radical (unpaired) electrons. The maximum atomic E-state index is 14.6. The number of aliphatic imine (C=N–C) groups is 1. The van der Waals surface area contributed by atoms with Crippen molar-refractivity contribution in [3.8, 4) is 0 Å². The summed E-state index contributed by atoms with van der Waals surface area (Å²) >= 11 is 0. The Kier molecular flexibility index (Phi) is 4.57. The zero-order valence-corrected chi connectivity index (χ0v) is 15.5. The van der Waals surface area contributed by atoms with Crippen LogP contribution in [0.25, 0.3) is 22.1 Å². The van der Waals surface area contributed by atoms with Crippen LogP contribution >= 0.6 is 0 Å². The van der Waals surface area contributed by atoms with Gasteiger partial charge in [-0.3, -0.25) is 14.4 Å². The Morgan fingerprint density at radius 1 is 1.25 bits per heavy atom. The highest BCUT2D eigenvalue weighted by atomic mass is 19.1. The van der Waals surface area contributed by atoms with Crippen LogP contribution in [0.2, 0.25) is 0 Å². The van der Waals surface area contributed by atoms with Crippen molar-refractivity contribution < 1.29 is 4.39 Å². The Morgan fingerprint density at radius 2 is 2.11 bits per heavy atom. The Morgan fingerprint density at radius 3 is 2.89 bits per heavy atom. The third kappa shape index (κ3) is 3.00. The second-order valence-corrected chi connectivity index (χ2v) is 6.52. The molecule has 2 N–H and O–H groups in total. The molecule has 0 fully saturated rings. The van der Waals surface area contributed by atoms with Crippen LogP contribution in [0.5, 0.6) is 0 Å². The zero-order valence-electron chi connectivity index (χ0n) is 15.5. The van der Waals surface area contributed by atoms with Crippen molar-refractivity contribution in [3.05, 3.63) is 77.8 Å². The number of rotatable bonds is 4. The van der Waals surface area contributed by atoms with Crippen molar-refractivity contribution in [2.75, 3.05) is 7.05 Å². The van der Waals surface area contributed by atoms with Gasteiger partial charge in [-0.2, -0.15) is 0 Å². The Hall–Kier alpha value is -3.61. The molecule has 4 aromatic rings. The van der Waals surface area contributed by atoms with Gasteiger partial charge >= 0.3 is 0 Å². The fourth-order valence-corrected chi connectivity index (χ4v) is 3.29. The van der Waals surface area contributed by atoms with Crippen LogP contribution < -0.4 is 5.73 Å². The van der Waals surface area contributed by atoms with E-state index in [2.05, 4.69) is 26.2 Å². The van der Waals surface area contributed by atoms with E-state index in [9.17, 15) is 4.39 Å². The quantitative estimate of drug-likeness (QED) is 0.554. The zero-order chi connectivity index (χ0) is 19.7. The number of fused-ring (bicyclic) bond motifs is 2. The number of nitrogens with zero attached hydrogens (tertiary/aromatic N) is 5. The molecule has 1 unspecified atom stereocenters. The maximum Gasteiger partial charge on any atom is 0.196 e. The molecule has 0 bridgehead atoms. The topological polar surface area (TPSA) is 81.5 Å². The molecule has 140 valence electrons. The molecule has 6 nitrogen and oxygen atoms in total. The Bertz CT molecular complexity index is 1220. The number of hydrogen-bond donors (Lipinski definition) is 1. The number of halogens is 1. The number of pyridine rings is 2. The third-order valence-corrected chi connectivity index (χ3v) is 4.78. The highest BCUT2D eigenvalue weighted by Crippen LogP contribution is 2.27. The van der Waals surface area contributed by atoms with E-state index in [-0.39, 0.29) is 11.6 Å². The van der Waals surface area contributed by atoms with Crippen molar-refractivity contribution >= 4 is 28.3 Å². The number of benzene rings is 1. The molecule has 0 aliphatic heterocycles. The largest absolute Gasteiger partial charge is 0.404 e. The molecule has 0 saturated carbocycles. The predicted molar refractivity (Wildman–Crippen MR) is 109 cm³/mol. The highest BCUT2D eigenvalue weighted by Gasteiger charge is 2.19. The second-order valence-electron chi connectivity index (χ2n) is 6.52. The van der Waals surface area contributed by atoms with Crippen molar-refractivity contribution in [2.24, 2.45) is 10.7 Å². The molecule has 1 atom stereocenters. The average Bonchev–Trinajstić information content (AvgIpc) is 3.15. The first kappa shape index (κ1) is 17.8. The molecule has 7 heteroatoms. The van der Waals surface area contributed by atoms with Crippen molar-refractivity contribution in [3.63, 3.8) is 0 Å².